The maximum absolute atomic E-state index is 12.2. The molecule has 0 atom stereocenters. The molecule has 4 rings (SSSR count). The second-order valence-corrected chi connectivity index (χ2v) is 7.97. The summed E-state index contributed by atoms with van der Waals surface area (Å²) in [6.45, 7) is 2.10. The molecule has 1 aliphatic carbocycles. The third-order valence-corrected chi connectivity index (χ3v) is 6.34. The van der Waals surface area contributed by atoms with Crippen LogP contribution in [0.3, 0.4) is 0 Å². The van der Waals surface area contributed by atoms with Crippen LogP contribution in [-0.4, -0.2) is 25.2 Å². The molecule has 0 bridgehead atoms. The average molecular weight is 379 g/mol. The minimum Gasteiger partial charge on any atom is -0.497 e. The lowest BCUT2D eigenvalue weighted by atomic mass is 9.91. The number of hydrogen-bond acceptors (Lipinski definition) is 5. The number of nitrogens with zero attached hydrogens (tertiary/aromatic N) is 1. The van der Waals surface area contributed by atoms with Gasteiger partial charge in [-0.2, -0.15) is 0 Å². The number of ether oxygens (including phenoxy) is 2. The normalized spacial score (nSPS) is 14.6. The molecule has 3 aromatic rings. The molecule has 0 saturated heterocycles. The summed E-state index contributed by atoms with van der Waals surface area (Å²) in [5, 5.41) is 1.07. The van der Waals surface area contributed by atoms with Crippen molar-refractivity contribution in [3.05, 3.63) is 69.5 Å². The van der Waals surface area contributed by atoms with Gasteiger partial charge in [0.25, 0.3) is 0 Å². The Balaban J connectivity index is 1.76. The molecule has 0 N–H and O–H groups in total. The van der Waals surface area contributed by atoms with Gasteiger partial charge in [0.1, 0.15) is 10.8 Å². The summed E-state index contributed by atoms with van der Waals surface area (Å²) < 4.78 is 10.2. The van der Waals surface area contributed by atoms with Crippen LogP contribution in [0.2, 0.25) is 0 Å². The summed E-state index contributed by atoms with van der Waals surface area (Å²) in [6, 6.07) is 15.7. The number of rotatable bonds is 5. The topological polar surface area (TPSA) is 48.4 Å². The van der Waals surface area contributed by atoms with E-state index >= 15 is 0 Å². The van der Waals surface area contributed by atoms with Crippen molar-refractivity contribution in [2.24, 2.45) is 0 Å². The summed E-state index contributed by atoms with van der Waals surface area (Å²) in [4.78, 5) is 18.4. The summed E-state index contributed by atoms with van der Waals surface area (Å²) >= 11 is 1.72. The lowest BCUT2D eigenvalue weighted by molar-refractivity contribution is 0.0599. The maximum atomic E-state index is 12.2. The van der Waals surface area contributed by atoms with Crippen molar-refractivity contribution in [3.8, 4) is 17.0 Å². The Kier molecular flexibility index (Phi) is 4.48. The van der Waals surface area contributed by atoms with Crippen molar-refractivity contribution in [3.63, 3.8) is 0 Å². The van der Waals surface area contributed by atoms with Crippen LogP contribution in [-0.2, 0) is 10.2 Å². The number of aromatic nitrogens is 1. The van der Waals surface area contributed by atoms with E-state index in [1.807, 2.05) is 48.5 Å². The van der Waals surface area contributed by atoms with Gasteiger partial charge in [0, 0.05) is 15.9 Å². The molecule has 1 fully saturated rings. The summed E-state index contributed by atoms with van der Waals surface area (Å²) in [7, 11) is 3.09. The minimum atomic E-state index is -0.291. The van der Waals surface area contributed by atoms with Crippen molar-refractivity contribution < 1.29 is 14.3 Å². The summed E-state index contributed by atoms with van der Waals surface area (Å²) in [5.41, 5.74) is 3.56. The first-order valence-corrected chi connectivity index (χ1v) is 9.71. The zero-order valence-electron chi connectivity index (χ0n) is 15.6. The van der Waals surface area contributed by atoms with Gasteiger partial charge in [-0.25, -0.2) is 9.78 Å². The highest BCUT2D eigenvalue weighted by Crippen LogP contribution is 2.56. The van der Waals surface area contributed by atoms with Crippen LogP contribution in [0, 0.1) is 6.92 Å². The van der Waals surface area contributed by atoms with Crippen molar-refractivity contribution in [2.45, 2.75) is 25.2 Å². The molecule has 5 heteroatoms. The van der Waals surface area contributed by atoms with Crippen LogP contribution < -0.4 is 4.74 Å². The number of esters is 1. The molecular formula is C22H21NO3S. The van der Waals surface area contributed by atoms with E-state index < -0.39 is 0 Å². The van der Waals surface area contributed by atoms with Gasteiger partial charge in [-0.15, -0.1) is 11.3 Å². The molecule has 1 saturated carbocycles. The number of aryl methyl sites for hydroxylation is 1. The Morgan fingerprint density at radius 3 is 2.41 bits per heavy atom. The predicted molar refractivity (Wildman–Crippen MR) is 107 cm³/mol. The fourth-order valence-electron chi connectivity index (χ4n) is 3.53. The van der Waals surface area contributed by atoms with Crippen LogP contribution in [0.4, 0.5) is 0 Å². The standard InChI is InChI=1S/C22H21NO3S/c1-14-19(15-8-10-16(25-2)11-9-15)23-21(27-14)22(12-13-22)18-7-5-4-6-17(18)20(24)26-3/h4-11H,12-13H2,1-3H3. The first kappa shape index (κ1) is 17.7. The van der Waals surface area contributed by atoms with Gasteiger partial charge in [-0.05, 0) is 55.7 Å². The van der Waals surface area contributed by atoms with Gasteiger partial charge in [-0.1, -0.05) is 18.2 Å². The Morgan fingerprint density at radius 1 is 1.07 bits per heavy atom. The van der Waals surface area contributed by atoms with Crippen LogP contribution >= 0.6 is 11.3 Å². The SMILES string of the molecule is COC(=O)c1ccccc1C1(c2nc(-c3ccc(OC)cc3)c(C)s2)CC1. The summed E-state index contributed by atoms with van der Waals surface area (Å²) in [5.74, 6) is 0.540. The van der Waals surface area contributed by atoms with E-state index in [1.165, 1.54) is 12.0 Å². The minimum absolute atomic E-state index is 0.176. The van der Waals surface area contributed by atoms with Crippen molar-refractivity contribution in [2.75, 3.05) is 14.2 Å². The molecular weight excluding hydrogens is 358 g/mol. The van der Waals surface area contributed by atoms with Gasteiger partial charge in [0.2, 0.25) is 0 Å². The highest BCUT2D eigenvalue weighted by Gasteiger charge is 2.50. The molecule has 1 aliphatic rings. The lowest BCUT2D eigenvalue weighted by Crippen LogP contribution is -2.15. The molecule has 0 unspecified atom stereocenters. The van der Waals surface area contributed by atoms with Crippen LogP contribution in [0.25, 0.3) is 11.3 Å². The number of carbonyl (C=O) groups excluding carboxylic acids is 1. The molecule has 2 aromatic carbocycles. The lowest BCUT2D eigenvalue weighted by Gasteiger charge is -2.16. The second kappa shape index (κ2) is 6.82. The predicted octanol–water partition coefficient (Wildman–Crippen LogP) is 4.99. The zero-order chi connectivity index (χ0) is 19.0. The molecule has 138 valence electrons. The largest absolute Gasteiger partial charge is 0.497 e. The van der Waals surface area contributed by atoms with E-state index in [-0.39, 0.29) is 11.4 Å². The van der Waals surface area contributed by atoms with E-state index in [0.29, 0.717) is 5.56 Å². The maximum Gasteiger partial charge on any atom is 0.338 e. The molecule has 0 aliphatic heterocycles. The Morgan fingerprint density at radius 2 is 1.78 bits per heavy atom. The third kappa shape index (κ3) is 3.02. The van der Waals surface area contributed by atoms with E-state index in [2.05, 4.69) is 6.92 Å². The Labute approximate surface area is 162 Å². The molecule has 0 amide bonds. The number of methoxy groups -OCH3 is 2. The second-order valence-electron chi connectivity index (χ2n) is 6.77. The highest BCUT2D eigenvalue weighted by atomic mass is 32.1. The van der Waals surface area contributed by atoms with E-state index in [4.69, 9.17) is 14.5 Å². The molecule has 27 heavy (non-hydrogen) atoms. The monoisotopic (exact) mass is 379 g/mol. The molecule has 1 aromatic heterocycles. The summed E-state index contributed by atoms with van der Waals surface area (Å²) in [6.07, 6.45) is 1.99. The van der Waals surface area contributed by atoms with E-state index in [9.17, 15) is 4.79 Å². The van der Waals surface area contributed by atoms with Gasteiger partial charge in [0.05, 0.1) is 25.5 Å². The Hall–Kier alpha value is -2.66. The molecule has 0 radical (unpaired) electrons. The molecule has 4 nitrogen and oxygen atoms in total. The van der Waals surface area contributed by atoms with Crippen molar-refractivity contribution >= 4 is 17.3 Å². The number of hydrogen-bond donors (Lipinski definition) is 0. The van der Waals surface area contributed by atoms with Crippen molar-refractivity contribution in [1.29, 1.82) is 0 Å². The highest BCUT2D eigenvalue weighted by molar-refractivity contribution is 7.12. The van der Waals surface area contributed by atoms with Crippen molar-refractivity contribution in [1.82, 2.24) is 4.98 Å². The fourth-order valence-corrected chi connectivity index (χ4v) is 4.73. The van der Waals surface area contributed by atoms with Gasteiger partial charge in [0.15, 0.2) is 0 Å². The van der Waals surface area contributed by atoms with E-state index in [1.54, 1.807) is 18.4 Å². The smallest absolute Gasteiger partial charge is 0.338 e. The van der Waals surface area contributed by atoms with Gasteiger partial charge in [-0.3, -0.25) is 0 Å². The number of thiazole rings is 1. The number of benzene rings is 2. The Bertz CT molecular complexity index is 987. The first-order chi connectivity index (χ1) is 13.1. The molecule has 0 spiro atoms. The number of carbonyl (C=O) groups is 1. The fraction of sp³-hybridized carbons (Fsp3) is 0.273. The first-order valence-electron chi connectivity index (χ1n) is 8.89. The van der Waals surface area contributed by atoms with Crippen LogP contribution in [0.5, 0.6) is 5.75 Å². The zero-order valence-corrected chi connectivity index (χ0v) is 16.4. The van der Waals surface area contributed by atoms with Gasteiger partial charge >= 0.3 is 5.97 Å². The van der Waals surface area contributed by atoms with Crippen LogP contribution in [0.1, 0.15) is 38.6 Å². The third-order valence-electron chi connectivity index (χ3n) is 5.17. The van der Waals surface area contributed by atoms with Gasteiger partial charge < -0.3 is 9.47 Å². The average Bonchev–Trinajstić information content (AvgIpc) is 3.43. The van der Waals surface area contributed by atoms with E-state index in [0.717, 1.165) is 40.4 Å². The molecule has 1 heterocycles. The quantitative estimate of drug-likeness (QED) is 0.586. The van der Waals surface area contributed by atoms with Crippen LogP contribution in [0.15, 0.2) is 48.5 Å².